The zero-order chi connectivity index (χ0) is 13.2. The number of ether oxygens (including phenoxy) is 1. The number of allylic oxidation sites excluding steroid dienone is 2. The van der Waals surface area contributed by atoms with Crippen molar-refractivity contribution in [3.8, 4) is 0 Å². The van der Waals surface area contributed by atoms with E-state index in [1.54, 1.807) is 6.92 Å². The van der Waals surface area contributed by atoms with E-state index in [-0.39, 0.29) is 12.1 Å². The highest BCUT2D eigenvalue weighted by molar-refractivity contribution is 5.66. The summed E-state index contributed by atoms with van der Waals surface area (Å²) in [5, 5.41) is 0. The molecule has 1 unspecified atom stereocenters. The van der Waals surface area contributed by atoms with Gasteiger partial charge in [-0.05, 0) is 34.6 Å². The van der Waals surface area contributed by atoms with Crippen molar-refractivity contribution in [2.75, 3.05) is 0 Å². The molecule has 1 atom stereocenters. The summed E-state index contributed by atoms with van der Waals surface area (Å²) in [4.78, 5) is 15.3. The van der Waals surface area contributed by atoms with E-state index in [2.05, 4.69) is 4.98 Å². The number of esters is 1. The molecule has 0 fully saturated rings. The van der Waals surface area contributed by atoms with Gasteiger partial charge in [0, 0.05) is 12.5 Å². The summed E-state index contributed by atoms with van der Waals surface area (Å²) < 4.78 is 10.7. The molecule has 0 bridgehead atoms. The van der Waals surface area contributed by atoms with Crippen molar-refractivity contribution in [2.24, 2.45) is 0 Å². The second-order valence-corrected chi connectivity index (χ2v) is 4.34. The van der Waals surface area contributed by atoms with Crippen molar-refractivity contribution < 1.29 is 13.9 Å². The molecule has 17 heavy (non-hydrogen) atoms. The van der Waals surface area contributed by atoms with E-state index >= 15 is 0 Å². The Hall–Kier alpha value is -1.58. The van der Waals surface area contributed by atoms with Crippen molar-refractivity contribution in [3.05, 3.63) is 22.9 Å². The predicted octanol–water partition coefficient (Wildman–Crippen LogP) is 3.42. The van der Waals surface area contributed by atoms with Crippen LogP contribution in [0.2, 0.25) is 0 Å². The first-order chi connectivity index (χ1) is 7.82. The summed E-state index contributed by atoms with van der Waals surface area (Å²) in [5.41, 5.74) is 2.84. The van der Waals surface area contributed by atoms with Gasteiger partial charge < -0.3 is 9.15 Å². The fraction of sp³-hybridized carbons (Fsp3) is 0.538. The number of aromatic nitrogens is 1. The molecule has 4 nitrogen and oxygen atoms in total. The van der Waals surface area contributed by atoms with E-state index in [1.165, 1.54) is 6.92 Å². The van der Waals surface area contributed by atoms with Crippen molar-refractivity contribution in [1.29, 1.82) is 0 Å². The second kappa shape index (κ2) is 5.17. The van der Waals surface area contributed by atoms with Gasteiger partial charge in [-0.3, -0.25) is 4.79 Å². The van der Waals surface area contributed by atoms with Gasteiger partial charge in [-0.2, -0.15) is 0 Å². The van der Waals surface area contributed by atoms with Gasteiger partial charge in [-0.1, -0.05) is 5.57 Å². The minimum atomic E-state index is -0.380. The van der Waals surface area contributed by atoms with Crippen LogP contribution in [-0.2, 0) is 9.53 Å². The van der Waals surface area contributed by atoms with Gasteiger partial charge in [-0.25, -0.2) is 4.98 Å². The van der Waals surface area contributed by atoms with Crippen molar-refractivity contribution >= 4 is 11.5 Å². The Bertz CT molecular complexity index is 453. The minimum absolute atomic E-state index is 0.319. The van der Waals surface area contributed by atoms with Gasteiger partial charge >= 0.3 is 5.97 Å². The van der Waals surface area contributed by atoms with Crippen LogP contribution in [-0.4, -0.2) is 11.0 Å². The number of nitrogens with zero attached hydrogens (tertiary/aromatic N) is 1. The smallest absolute Gasteiger partial charge is 0.303 e. The fourth-order valence-corrected chi connectivity index (χ4v) is 1.46. The fourth-order valence-electron chi connectivity index (χ4n) is 1.46. The molecule has 0 saturated heterocycles. The number of oxazole rings is 1. The molecule has 4 heteroatoms. The van der Waals surface area contributed by atoms with Crippen LogP contribution < -0.4 is 0 Å². The van der Waals surface area contributed by atoms with E-state index in [9.17, 15) is 4.79 Å². The van der Waals surface area contributed by atoms with E-state index in [1.807, 2.05) is 27.7 Å². The number of hydrogen-bond donors (Lipinski definition) is 0. The van der Waals surface area contributed by atoms with E-state index in [0.717, 1.165) is 11.1 Å². The van der Waals surface area contributed by atoms with Crippen LogP contribution in [0.15, 0.2) is 9.99 Å². The van der Waals surface area contributed by atoms with Gasteiger partial charge in [0.05, 0.1) is 0 Å². The monoisotopic (exact) mass is 237 g/mol. The maximum atomic E-state index is 10.9. The molecule has 1 rings (SSSR count). The molecule has 1 aromatic heterocycles. The highest BCUT2D eigenvalue weighted by atomic mass is 16.5. The number of carbonyl (C=O) groups excluding carboxylic acids is 1. The van der Waals surface area contributed by atoms with Gasteiger partial charge in [-0.15, -0.1) is 0 Å². The molecule has 0 radical (unpaired) electrons. The topological polar surface area (TPSA) is 52.3 Å². The molecule has 0 aliphatic rings. The maximum absolute atomic E-state index is 10.9. The standard InChI is InChI=1S/C13H19NO3/c1-7(2)8(3)13-14-12(10(5)17-13)9(4)16-11(6)15/h9H,1-6H3. The molecule has 0 aromatic carbocycles. The number of rotatable bonds is 3. The third-order valence-corrected chi connectivity index (χ3v) is 2.63. The quantitative estimate of drug-likeness (QED) is 0.756. The van der Waals surface area contributed by atoms with Crippen molar-refractivity contribution in [2.45, 2.75) is 47.6 Å². The van der Waals surface area contributed by atoms with Gasteiger partial charge in [0.1, 0.15) is 17.6 Å². The van der Waals surface area contributed by atoms with Crippen LogP contribution in [0.5, 0.6) is 0 Å². The van der Waals surface area contributed by atoms with Crippen molar-refractivity contribution in [1.82, 2.24) is 4.98 Å². The summed E-state index contributed by atoms with van der Waals surface area (Å²) in [6, 6.07) is 0. The lowest BCUT2D eigenvalue weighted by Gasteiger charge is -2.08. The van der Waals surface area contributed by atoms with E-state index in [4.69, 9.17) is 9.15 Å². The molecule has 1 heterocycles. The molecular weight excluding hydrogens is 218 g/mol. The molecule has 0 aliphatic heterocycles. The van der Waals surface area contributed by atoms with Crippen LogP contribution in [0.1, 0.15) is 58.1 Å². The predicted molar refractivity (Wildman–Crippen MR) is 65.4 cm³/mol. The highest BCUT2D eigenvalue weighted by Gasteiger charge is 2.19. The maximum Gasteiger partial charge on any atom is 0.303 e. The number of aryl methyl sites for hydroxylation is 1. The molecule has 1 aromatic rings. The molecule has 94 valence electrons. The van der Waals surface area contributed by atoms with Crippen LogP contribution >= 0.6 is 0 Å². The van der Waals surface area contributed by atoms with Crippen LogP contribution in [0, 0.1) is 6.92 Å². The average Bonchev–Trinajstić information content (AvgIpc) is 2.58. The Balaban J connectivity index is 3.04. The average molecular weight is 237 g/mol. The molecule has 0 spiro atoms. The number of hydrogen-bond acceptors (Lipinski definition) is 4. The summed E-state index contributed by atoms with van der Waals surface area (Å²) in [6.07, 6.45) is -0.380. The lowest BCUT2D eigenvalue weighted by Crippen LogP contribution is -2.06. The van der Waals surface area contributed by atoms with Gasteiger partial charge in [0.15, 0.2) is 0 Å². The van der Waals surface area contributed by atoms with Gasteiger partial charge in [0.25, 0.3) is 0 Å². The van der Waals surface area contributed by atoms with E-state index < -0.39 is 0 Å². The third kappa shape index (κ3) is 3.19. The Morgan fingerprint density at radius 2 is 1.88 bits per heavy atom. The van der Waals surface area contributed by atoms with Crippen LogP contribution in [0.4, 0.5) is 0 Å². The summed E-state index contributed by atoms with van der Waals surface area (Å²) in [5.74, 6) is 0.964. The second-order valence-electron chi connectivity index (χ2n) is 4.34. The zero-order valence-corrected chi connectivity index (χ0v) is 11.2. The van der Waals surface area contributed by atoms with Crippen LogP contribution in [0.3, 0.4) is 0 Å². The minimum Gasteiger partial charge on any atom is -0.456 e. The molecule has 0 amide bonds. The Labute approximate surface area is 102 Å². The first-order valence-corrected chi connectivity index (χ1v) is 5.62. The highest BCUT2D eigenvalue weighted by Crippen LogP contribution is 2.25. The van der Waals surface area contributed by atoms with Gasteiger partial charge in [0.2, 0.25) is 5.89 Å². The Kier molecular flexibility index (Phi) is 4.10. The Morgan fingerprint density at radius 1 is 1.29 bits per heavy atom. The summed E-state index contributed by atoms with van der Waals surface area (Å²) in [6.45, 7) is 11.0. The van der Waals surface area contributed by atoms with E-state index in [0.29, 0.717) is 17.3 Å². The van der Waals surface area contributed by atoms with Crippen LogP contribution in [0.25, 0.3) is 5.57 Å². The normalized spacial score (nSPS) is 12.1. The molecule has 0 aliphatic carbocycles. The molecule has 0 saturated carbocycles. The Morgan fingerprint density at radius 3 is 2.35 bits per heavy atom. The third-order valence-electron chi connectivity index (χ3n) is 2.63. The molecule has 0 N–H and O–H groups in total. The zero-order valence-electron chi connectivity index (χ0n) is 11.2. The first kappa shape index (κ1) is 13.5. The first-order valence-electron chi connectivity index (χ1n) is 5.62. The summed E-state index contributed by atoms with van der Waals surface area (Å²) >= 11 is 0. The lowest BCUT2D eigenvalue weighted by molar-refractivity contribution is -0.146. The largest absolute Gasteiger partial charge is 0.456 e. The summed E-state index contributed by atoms with van der Waals surface area (Å²) in [7, 11) is 0. The van der Waals surface area contributed by atoms with Crippen molar-refractivity contribution in [3.63, 3.8) is 0 Å². The molecular formula is C13H19NO3. The number of carbonyl (C=O) groups is 1. The lowest BCUT2D eigenvalue weighted by atomic mass is 10.2. The SMILES string of the molecule is CC(=O)OC(C)c1nc(C(C)=C(C)C)oc1C.